The lowest BCUT2D eigenvalue weighted by atomic mass is 10.1. The Hall–Kier alpha value is -2.17. The normalized spacial score (nSPS) is 20.1. The molecule has 3 rings (SSSR count). The van der Waals surface area contributed by atoms with Gasteiger partial charge >= 0.3 is 0 Å². The Balaban J connectivity index is 1.47. The van der Waals surface area contributed by atoms with Crippen molar-refractivity contribution < 1.29 is 9.53 Å². The van der Waals surface area contributed by atoms with Gasteiger partial charge in [-0.1, -0.05) is 54.6 Å². The highest BCUT2D eigenvalue weighted by molar-refractivity contribution is 5.75. The molecule has 1 aliphatic heterocycles. The number of hydrogen-bond acceptors (Lipinski definition) is 3. The van der Waals surface area contributed by atoms with Gasteiger partial charge in [-0.2, -0.15) is 0 Å². The van der Waals surface area contributed by atoms with Gasteiger partial charge in [0.1, 0.15) is 0 Å². The highest BCUT2D eigenvalue weighted by Gasteiger charge is 2.22. The van der Waals surface area contributed by atoms with Crippen molar-refractivity contribution >= 4 is 5.91 Å². The zero-order chi connectivity index (χ0) is 19.8. The van der Waals surface area contributed by atoms with Crippen molar-refractivity contribution in [2.75, 3.05) is 13.1 Å². The van der Waals surface area contributed by atoms with E-state index in [2.05, 4.69) is 54.4 Å². The molecule has 0 spiro atoms. The molecular formula is C24H32N2O2. The third kappa shape index (κ3) is 6.47. The smallest absolute Gasteiger partial charge is 0.220 e. The van der Waals surface area contributed by atoms with Crippen molar-refractivity contribution in [3.05, 3.63) is 71.3 Å². The van der Waals surface area contributed by atoms with Gasteiger partial charge in [0.15, 0.2) is 0 Å². The average Bonchev–Trinajstić information content (AvgIpc) is 2.67. The Morgan fingerprint density at radius 2 is 1.64 bits per heavy atom. The van der Waals surface area contributed by atoms with Crippen LogP contribution < -0.4 is 5.32 Å². The molecule has 4 heteroatoms. The molecule has 0 radical (unpaired) electrons. The fourth-order valence-corrected chi connectivity index (χ4v) is 3.92. The lowest BCUT2D eigenvalue weighted by Gasteiger charge is -2.35. The molecule has 1 N–H and O–H groups in total. The maximum atomic E-state index is 12.3. The van der Waals surface area contributed by atoms with Gasteiger partial charge in [0.25, 0.3) is 0 Å². The predicted octanol–water partition coefficient (Wildman–Crippen LogP) is 3.93. The number of nitrogens with one attached hydrogen (secondary N) is 1. The van der Waals surface area contributed by atoms with Gasteiger partial charge in [-0.3, -0.25) is 9.69 Å². The number of morpholine rings is 1. The molecule has 0 aromatic heterocycles. The number of rotatable bonds is 8. The largest absolute Gasteiger partial charge is 0.373 e. The summed E-state index contributed by atoms with van der Waals surface area (Å²) in [5.74, 6) is 0.124. The molecule has 1 amide bonds. The fourth-order valence-electron chi connectivity index (χ4n) is 3.92. The van der Waals surface area contributed by atoms with Crippen LogP contribution in [-0.2, 0) is 29.0 Å². The van der Waals surface area contributed by atoms with E-state index in [9.17, 15) is 4.79 Å². The van der Waals surface area contributed by atoms with Crippen LogP contribution in [-0.4, -0.2) is 36.1 Å². The minimum Gasteiger partial charge on any atom is -0.373 e. The van der Waals surface area contributed by atoms with Crippen LogP contribution in [0.5, 0.6) is 0 Å². The molecule has 2 aromatic rings. The third-order valence-electron chi connectivity index (χ3n) is 5.20. The monoisotopic (exact) mass is 380 g/mol. The summed E-state index contributed by atoms with van der Waals surface area (Å²) in [5.41, 5.74) is 3.77. The summed E-state index contributed by atoms with van der Waals surface area (Å²) >= 11 is 0. The Bertz CT molecular complexity index is 737. The van der Waals surface area contributed by atoms with E-state index in [1.54, 1.807) is 0 Å². The first-order valence-corrected chi connectivity index (χ1v) is 10.4. The maximum absolute atomic E-state index is 12.3. The second-order valence-electron chi connectivity index (χ2n) is 7.84. The van der Waals surface area contributed by atoms with E-state index in [0.29, 0.717) is 13.0 Å². The van der Waals surface area contributed by atoms with E-state index in [0.717, 1.165) is 32.5 Å². The lowest BCUT2D eigenvalue weighted by molar-refractivity contribution is -0.121. The Morgan fingerprint density at radius 3 is 2.36 bits per heavy atom. The molecule has 0 bridgehead atoms. The van der Waals surface area contributed by atoms with Crippen LogP contribution in [0.4, 0.5) is 0 Å². The molecule has 4 nitrogen and oxygen atoms in total. The van der Waals surface area contributed by atoms with Crippen LogP contribution >= 0.6 is 0 Å². The van der Waals surface area contributed by atoms with Crippen molar-refractivity contribution in [3.63, 3.8) is 0 Å². The topological polar surface area (TPSA) is 41.6 Å². The molecular weight excluding hydrogens is 348 g/mol. The molecule has 2 atom stereocenters. The Morgan fingerprint density at radius 1 is 1.00 bits per heavy atom. The predicted molar refractivity (Wildman–Crippen MR) is 113 cm³/mol. The van der Waals surface area contributed by atoms with Crippen LogP contribution in [0.2, 0.25) is 0 Å². The molecule has 28 heavy (non-hydrogen) atoms. The van der Waals surface area contributed by atoms with E-state index in [-0.39, 0.29) is 18.1 Å². The van der Waals surface area contributed by atoms with Gasteiger partial charge in [-0.15, -0.1) is 0 Å². The minimum atomic E-state index is 0.124. The van der Waals surface area contributed by atoms with Crippen LogP contribution in [0.3, 0.4) is 0 Å². The maximum Gasteiger partial charge on any atom is 0.220 e. The highest BCUT2D eigenvalue weighted by Crippen LogP contribution is 2.17. The second-order valence-corrected chi connectivity index (χ2v) is 7.84. The van der Waals surface area contributed by atoms with Crippen LogP contribution in [0.1, 0.15) is 43.4 Å². The summed E-state index contributed by atoms with van der Waals surface area (Å²) in [7, 11) is 0. The number of amides is 1. The van der Waals surface area contributed by atoms with Crippen molar-refractivity contribution in [1.82, 2.24) is 10.2 Å². The van der Waals surface area contributed by atoms with Gasteiger partial charge in [-0.05, 0) is 43.4 Å². The number of ether oxygens (including phenoxy) is 1. The molecule has 2 aromatic carbocycles. The highest BCUT2D eigenvalue weighted by atomic mass is 16.5. The summed E-state index contributed by atoms with van der Waals surface area (Å²) in [6, 6.07) is 18.7. The average molecular weight is 381 g/mol. The van der Waals surface area contributed by atoms with E-state index in [4.69, 9.17) is 4.74 Å². The first kappa shape index (κ1) is 20.6. The molecule has 150 valence electrons. The van der Waals surface area contributed by atoms with E-state index < -0.39 is 0 Å². The number of hydrogen-bond donors (Lipinski definition) is 1. The van der Waals surface area contributed by atoms with Crippen LogP contribution in [0.15, 0.2) is 54.6 Å². The molecule has 1 saturated heterocycles. The van der Waals surface area contributed by atoms with E-state index in [1.165, 1.54) is 16.7 Å². The molecule has 1 fully saturated rings. The molecule has 0 saturated carbocycles. The zero-order valence-corrected chi connectivity index (χ0v) is 17.1. The van der Waals surface area contributed by atoms with Crippen molar-refractivity contribution in [2.24, 2.45) is 0 Å². The zero-order valence-electron chi connectivity index (χ0n) is 17.1. The Labute approximate surface area is 168 Å². The number of aryl methyl sites for hydroxylation is 1. The van der Waals surface area contributed by atoms with Gasteiger partial charge in [0.2, 0.25) is 5.91 Å². The first-order chi connectivity index (χ1) is 13.6. The SMILES string of the molecule is C[C@@H]1CN(Cc2ccccc2CNC(=O)CCCc2ccccc2)C[C@@H](C)O1. The molecule has 1 heterocycles. The number of nitrogens with zero attached hydrogens (tertiary/aromatic N) is 1. The number of benzene rings is 2. The van der Waals surface area contributed by atoms with Gasteiger partial charge in [0.05, 0.1) is 12.2 Å². The van der Waals surface area contributed by atoms with Gasteiger partial charge < -0.3 is 10.1 Å². The fraction of sp³-hybridized carbons (Fsp3) is 0.458. The van der Waals surface area contributed by atoms with Crippen LogP contribution in [0, 0.1) is 0 Å². The minimum absolute atomic E-state index is 0.124. The summed E-state index contributed by atoms with van der Waals surface area (Å²) in [4.78, 5) is 14.7. The Kier molecular flexibility index (Phi) is 7.63. The first-order valence-electron chi connectivity index (χ1n) is 10.4. The van der Waals surface area contributed by atoms with Crippen molar-refractivity contribution in [3.8, 4) is 0 Å². The lowest BCUT2D eigenvalue weighted by Crippen LogP contribution is -2.45. The van der Waals surface area contributed by atoms with Gasteiger partial charge in [-0.25, -0.2) is 0 Å². The molecule has 1 aliphatic rings. The summed E-state index contributed by atoms with van der Waals surface area (Å²) < 4.78 is 5.83. The second kappa shape index (κ2) is 10.4. The summed E-state index contributed by atoms with van der Waals surface area (Å²) in [6.07, 6.45) is 2.91. The van der Waals surface area contributed by atoms with Crippen LogP contribution in [0.25, 0.3) is 0 Å². The third-order valence-corrected chi connectivity index (χ3v) is 5.20. The molecule has 0 aliphatic carbocycles. The number of carbonyl (C=O) groups excluding carboxylic acids is 1. The number of carbonyl (C=O) groups is 1. The van der Waals surface area contributed by atoms with Gasteiger partial charge in [0, 0.05) is 32.6 Å². The summed E-state index contributed by atoms with van der Waals surface area (Å²) in [5, 5.41) is 3.10. The van der Waals surface area contributed by atoms with Crippen molar-refractivity contribution in [2.45, 2.75) is 58.4 Å². The molecule has 0 unspecified atom stereocenters. The van der Waals surface area contributed by atoms with Crippen molar-refractivity contribution in [1.29, 1.82) is 0 Å². The quantitative estimate of drug-likeness (QED) is 0.754. The standard InChI is InChI=1S/C24H32N2O2/c1-19-16-26(17-20(2)28-19)18-23-13-7-6-12-22(23)15-25-24(27)14-8-11-21-9-4-3-5-10-21/h3-7,9-10,12-13,19-20H,8,11,14-18H2,1-2H3,(H,25,27)/t19-,20-/m1/s1. The summed E-state index contributed by atoms with van der Waals surface area (Å²) in [6.45, 7) is 7.65. The van der Waals surface area contributed by atoms with E-state index >= 15 is 0 Å². The van der Waals surface area contributed by atoms with E-state index in [1.807, 2.05) is 24.3 Å².